The van der Waals surface area contributed by atoms with Gasteiger partial charge in [-0.3, -0.25) is 9.89 Å². The van der Waals surface area contributed by atoms with Crippen LogP contribution in [0.5, 0.6) is 0 Å². The third-order valence-electron chi connectivity index (χ3n) is 5.27. The van der Waals surface area contributed by atoms with Crippen LogP contribution in [0.2, 0.25) is 0 Å². The Balaban J connectivity index is 1.40. The highest BCUT2D eigenvalue weighted by atomic mass is 16.2. The van der Waals surface area contributed by atoms with Crippen molar-refractivity contribution < 1.29 is 4.79 Å². The summed E-state index contributed by atoms with van der Waals surface area (Å²) in [7, 11) is 1.91. The topological polar surface area (TPSA) is 57.2 Å². The second-order valence-electron chi connectivity index (χ2n) is 6.98. The van der Waals surface area contributed by atoms with Crippen LogP contribution in [0.4, 0.5) is 5.82 Å². The zero-order valence-electron chi connectivity index (χ0n) is 13.7. The SMILES string of the molecule is Cn1cccc1C(=O)N1CCN(c2cc(C3(C)CC3)[nH]n2)CC1. The lowest BCUT2D eigenvalue weighted by Crippen LogP contribution is -2.49. The molecule has 2 aromatic rings. The minimum atomic E-state index is 0.116. The highest BCUT2D eigenvalue weighted by Crippen LogP contribution is 2.47. The van der Waals surface area contributed by atoms with E-state index in [-0.39, 0.29) is 5.91 Å². The van der Waals surface area contributed by atoms with Crippen LogP contribution in [0.25, 0.3) is 0 Å². The number of anilines is 1. The number of rotatable bonds is 3. The van der Waals surface area contributed by atoms with Crippen LogP contribution in [-0.4, -0.2) is 51.8 Å². The van der Waals surface area contributed by atoms with Crippen LogP contribution in [0, 0.1) is 0 Å². The van der Waals surface area contributed by atoms with Crippen molar-refractivity contribution in [3.8, 4) is 0 Å². The Morgan fingerprint density at radius 2 is 2.00 bits per heavy atom. The molecule has 1 N–H and O–H groups in total. The van der Waals surface area contributed by atoms with Gasteiger partial charge in [0.2, 0.25) is 0 Å². The average Bonchev–Trinajstić information content (AvgIpc) is 2.99. The molecular weight excluding hydrogens is 290 g/mol. The summed E-state index contributed by atoms with van der Waals surface area (Å²) in [4.78, 5) is 16.7. The smallest absolute Gasteiger partial charge is 0.270 e. The predicted molar refractivity (Wildman–Crippen MR) is 88.7 cm³/mol. The van der Waals surface area contributed by atoms with E-state index in [9.17, 15) is 4.79 Å². The van der Waals surface area contributed by atoms with Gasteiger partial charge in [-0.1, -0.05) is 6.92 Å². The van der Waals surface area contributed by atoms with Gasteiger partial charge in [0.1, 0.15) is 5.69 Å². The molecule has 3 heterocycles. The van der Waals surface area contributed by atoms with Crippen molar-refractivity contribution in [1.82, 2.24) is 19.7 Å². The van der Waals surface area contributed by atoms with E-state index < -0.39 is 0 Å². The molecule has 2 aromatic heterocycles. The Labute approximate surface area is 136 Å². The molecule has 6 nitrogen and oxygen atoms in total. The largest absolute Gasteiger partial charge is 0.352 e. The molecule has 1 aliphatic carbocycles. The van der Waals surface area contributed by atoms with Crippen molar-refractivity contribution in [2.75, 3.05) is 31.1 Å². The third-order valence-corrected chi connectivity index (χ3v) is 5.27. The second kappa shape index (κ2) is 5.15. The Kier molecular flexibility index (Phi) is 3.21. The number of amides is 1. The fourth-order valence-corrected chi connectivity index (χ4v) is 3.22. The predicted octanol–water partition coefficient (Wildman–Crippen LogP) is 1.76. The van der Waals surface area contributed by atoms with Gasteiger partial charge in [-0.25, -0.2) is 0 Å². The van der Waals surface area contributed by atoms with Gasteiger partial charge in [0.25, 0.3) is 5.91 Å². The van der Waals surface area contributed by atoms with E-state index in [0.717, 1.165) is 37.7 Å². The van der Waals surface area contributed by atoms with E-state index >= 15 is 0 Å². The van der Waals surface area contributed by atoms with Crippen molar-refractivity contribution in [2.45, 2.75) is 25.2 Å². The minimum absolute atomic E-state index is 0.116. The molecule has 0 bridgehead atoms. The first-order valence-corrected chi connectivity index (χ1v) is 8.28. The minimum Gasteiger partial charge on any atom is -0.352 e. The van der Waals surface area contributed by atoms with Gasteiger partial charge >= 0.3 is 0 Å². The first-order chi connectivity index (χ1) is 11.1. The summed E-state index contributed by atoms with van der Waals surface area (Å²) in [6, 6.07) is 5.97. The van der Waals surface area contributed by atoms with Gasteiger partial charge < -0.3 is 14.4 Å². The first-order valence-electron chi connectivity index (χ1n) is 8.28. The number of piperazine rings is 1. The maximum atomic E-state index is 12.5. The number of hydrogen-bond acceptors (Lipinski definition) is 3. The standard InChI is InChI=1S/C17H23N5O/c1-17(5-6-17)14-12-15(19-18-14)21-8-10-22(11-9-21)16(23)13-4-3-7-20(13)2/h3-4,7,12H,5-6,8-11H2,1-2H3,(H,18,19). The summed E-state index contributed by atoms with van der Waals surface area (Å²) in [5, 5.41) is 7.67. The number of aromatic nitrogens is 3. The molecule has 1 saturated carbocycles. The fourth-order valence-electron chi connectivity index (χ4n) is 3.22. The van der Waals surface area contributed by atoms with Crippen molar-refractivity contribution >= 4 is 11.7 Å². The van der Waals surface area contributed by atoms with E-state index in [2.05, 4.69) is 28.1 Å². The lowest BCUT2D eigenvalue weighted by Gasteiger charge is -2.34. The van der Waals surface area contributed by atoms with Crippen LogP contribution in [0.3, 0.4) is 0 Å². The summed E-state index contributed by atoms with van der Waals surface area (Å²) < 4.78 is 1.88. The number of carbonyl (C=O) groups excluding carboxylic acids is 1. The summed E-state index contributed by atoms with van der Waals surface area (Å²) >= 11 is 0. The maximum Gasteiger partial charge on any atom is 0.270 e. The lowest BCUT2D eigenvalue weighted by atomic mass is 10.1. The van der Waals surface area contributed by atoms with Crippen molar-refractivity contribution in [1.29, 1.82) is 0 Å². The van der Waals surface area contributed by atoms with Gasteiger partial charge in [-0.2, -0.15) is 5.10 Å². The molecule has 0 unspecified atom stereocenters. The number of nitrogens with one attached hydrogen (secondary N) is 1. The Morgan fingerprint density at radius 1 is 1.26 bits per heavy atom. The average molecular weight is 313 g/mol. The zero-order chi connectivity index (χ0) is 16.0. The van der Waals surface area contributed by atoms with Crippen molar-refractivity contribution in [2.24, 2.45) is 7.05 Å². The summed E-state index contributed by atoms with van der Waals surface area (Å²) in [6.07, 6.45) is 4.40. The number of hydrogen-bond donors (Lipinski definition) is 1. The molecule has 6 heteroatoms. The third kappa shape index (κ3) is 2.52. The maximum absolute atomic E-state index is 12.5. The second-order valence-corrected chi connectivity index (χ2v) is 6.98. The summed E-state index contributed by atoms with van der Waals surface area (Å²) in [5.74, 6) is 1.13. The first kappa shape index (κ1) is 14.4. The van der Waals surface area contributed by atoms with Gasteiger partial charge in [-0.15, -0.1) is 0 Å². The van der Waals surface area contributed by atoms with Crippen LogP contribution in [-0.2, 0) is 12.5 Å². The Hall–Kier alpha value is -2.24. The molecule has 2 aliphatic rings. The highest BCUT2D eigenvalue weighted by Gasteiger charge is 2.41. The number of carbonyl (C=O) groups is 1. The molecule has 23 heavy (non-hydrogen) atoms. The summed E-state index contributed by atoms with van der Waals surface area (Å²) in [6.45, 7) is 5.42. The Morgan fingerprint density at radius 3 is 2.61 bits per heavy atom. The highest BCUT2D eigenvalue weighted by molar-refractivity contribution is 5.92. The van der Waals surface area contributed by atoms with E-state index in [1.54, 1.807) is 0 Å². The molecule has 122 valence electrons. The molecule has 0 atom stereocenters. The van der Waals surface area contributed by atoms with Gasteiger partial charge in [-0.05, 0) is 25.0 Å². The molecular formula is C17H23N5O. The lowest BCUT2D eigenvalue weighted by molar-refractivity contribution is 0.0737. The summed E-state index contributed by atoms with van der Waals surface area (Å²) in [5.41, 5.74) is 2.31. The van der Waals surface area contributed by atoms with Gasteiger partial charge in [0.05, 0.1) is 0 Å². The van der Waals surface area contributed by atoms with E-state index in [4.69, 9.17) is 0 Å². The fraction of sp³-hybridized carbons (Fsp3) is 0.529. The van der Waals surface area contributed by atoms with Crippen molar-refractivity contribution in [3.05, 3.63) is 35.8 Å². The van der Waals surface area contributed by atoms with Crippen LogP contribution >= 0.6 is 0 Å². The van der Waals surface area contributed by atoms with Gasteiger partial charge in [0.15, 0.2) is 5.82 Å². The zero-order valence-corrected chi connectivity index (χ0v) is 13.7. The number of H-pyrrole nitrogens is 1. The van der Waals surface area contributed by atoms with E-state index in [1.165, 1.54) is 18.5 Å². The normalized spacial score (nSPS) is 19.9. The Bertz CT molecular complexity index is 719. The van der Waals surface area contributed by atoms with Crippen LogP contribution in [0.15, 0.2) is 24.4 Å². The molecule has 1 aliphatic heterocycles. The van der Waals surface area contributed by atoms with Crippen LogP contribution < -0.4 is 4.90 Å². The number of nitrogens with zero attached hydrogens (tertiary/aromatic N) is 4. The van der Waals surface area contributed by atoms with E-state index in [0.29, 0.717) is 5.41 Å². The van der Waals surface area contributed by atoms with E-state index in [1.807, 2.05) is 34.8 Å². The molecule has 4 rings (SSSR count). The van der Waals surface area contributed by atoms with Gasteiger partial charge in [0, 0.05) is 56.6 Å². The molecule has 0 radical (unpaired) electrons. The number of aromatic amines is 1. The quantitative estimate of drug-likeness (QED) is 0.939. The van der Waals surface area contributed by atoms with Crippen LogP contribution in [0.1, 0.15) is 35.9 Å². The molecule has 2 fully saturated rings. The molecule has 0 aromatic carbocycles. The number of aryl methyl sites for hydroxylation is 1. The molecule has 1 saturated heterocycles. The molecule has 1 amide bonds. The monoisotopic (exact) mass is 313 g/mol. The van der Waals surface area contributed by atoms with Crippen molar-refractivity contribution in [3.63, 3.8) is 0 Å². The molecule has 0 spiro atoms.